The fourth-order valence-electron chi connectivity index (χ4n) is 5.10. The van der Waals surface area contributed by atoms with Crippen LogP contribution >= 0.6 is 22.9 Å². The molecule has 2 atom stereocenters. The van der Waals surface area contributed by atoms with Gasteiger partial charge in [-0.3, -0.25) is 23.9 Å². The van der Waals surface area contributed by atoms with E-state index in [1.54, 1.807) is 16.2 Å². The first-order chi connectivity index (χ1) is 20.6. The molecule has 4 heterocycles. The van der Waals surface area contributed by atoms with Crippen LogP contribution in [0.4, 0.5) is 0 Å². The van der Waals surface area contributed by atoms with Crippen molar-refractivity contribution >= 4 is 46.4 Å². The number of likely N-dealkylation sites (tertiary alicyclic amines) is 1. The molecule has 14 heteroatoms. The number of hydrogen-bond donors (Lipinski definition) is 3. The smallest absolute Gasteiger partial charge is 0.248 e. The van der Waals surface area contributed by atoms with Gasteiger partial charge in [0.1, 0.15) is 23.5 Å². The maximum atomic E-state index is 13.0. The van der Waals surface area contributed by atoms with Crippen LogP contribution in [-0.4, -0.2) is 93.7 Å². The Morgan fingerprint density at radius 3 is 2.60 bits per heavy atom. The van der Waals surface area contributed by atoms with Gasteiger partial charge in [-0.05, 0) is 44.9 Å². The predicted molar refractivity (Wildman–Crippen MR) is 162 cm³/mol. The molecule has 2 aliphatic rings. The summed E-state index contributed by atoms with van der Waals surface area (Å²) in [5.41, 5.74) is 3.68. The lowest BCUT2D eigenvalue weighted by Gasteiger charge is -2.15. The third-order valence-corrected chi connectivity index (χ3v) is 8.94. The van der Waals surface area contributed by atoms with E-state index in [1.165, 1.54) is 0 Å². The summed E-state index contributed by atoms with van der Waals surface area (Å²) < 4.78 is 7.31. The van der Waals surface area contributed by atoms with E-state index in [9.17, 15) is 19.5 Å². The van der Waals surface area contributed by atoms with Crippen molar-refractivity contribution in [3.05, 3.63) is 62.5 Å². The fraction of sp³-hybridized carbons (Fsp3) is 0.448. The van der Waals surface area contributed by atoms with Crippen LogP contribution in [0.5, 0.6) is 0 Å². The SMILES string of the molecule is Cc1sc2c(c1C)C(c1ccc(Cl)cc1)=N[C@@H](CC(=O)NCC(=O)NCCOCC(=O)N1CC[C@@H](O)C1)c1nnc(C)n1-2. The number of aromatic nitrogens is 3. The molecule has 0 unspecified atom stereocenters. The first-order valence-electron chi connectivity index (χ1n) is 14.1. The summed E-state index contributed by atoms with van der Waals surface area (Å²) in [5, 5.41) is 25.1. The lowest BCUT2D eigenvalue weighted by atomic mass is 9.99. The Morgan fingerprint density at radius 2 is 1.88 bits per heavy atom. The first-order valence-corrected chi connectivity index (χ1v) is 15.2. The second kappa shape index (κ2) is 13.3. The van der Waals surface area contributed by atoms with Crippen LogP contribution in [-0.2, 0) is 19.1 Å². The molecule has 3 aromatic rings. The second-order valence-electron chi connectivity index (χ2n) is 10.6. The Balaban J connectivity index is 1.21. The number of aliphatic imine (C=N–C) groups is 1. The van der Waals surface area contributed by atoms with E-state index in [4.69, 9.17) is 21.3 Å². The topological polar surface area (TPSA) is 151 Å². The summed E-state index contributed by atoms with van der Waals surface area (Å²) in [4.78, 5) is 45.2. The molecule has 3 N–H and O–H groups in total. The number of β-amino-alcohol motifs (C(OH)–C–C–N with tert-alkyl or cyclic N) is 1. The number of carbonyl (C=O) groups is 3. The molecule has 5 rings (SSSR count). The van der Waals surface area contributed by atoms with Crippen molar-refractivity contribution in [2.45, 2.75) is 45.8 Å². The number of benzene rings is 1. The maximum absolute atomic E-state index is 13.0. The van der Waals surface area contributed by atoms with Crippen LogP contribution in [0.25, 0.3) is 5.00 Å². The van der Waals surface area contributed by atoms with E-state index in [-0.39, 0.29) is 50.4 Å². The monoisotopic (exact) mass is 627 g/mol. The number of hydrogen-bond acceptors (Lipinski definition) is 9. The van der Waals surface area contributed by atoms with Crippen molar-refractivity contribution in [2.75, 3.05) is 39.4 Å². The molecule has 0 spiro atoms. The lowest BCUT2D eigenvalue weighted by Crippen LogP contribution is -2.39. The summed E-state index contributed by atoms with van der Waals surface area (Å²) in [7, 11) is 0. The number of thiophene rings is 1. The number of carbonyl (C=O) groups excluding carboxylic acids is 3. The summed E-state index contributed by atoms with van der Waals surface area (Å²) in [6.45, 7) is 6.82. The third-order valence-electron chi connectivity index (χ3n) is 7.49. The Kier molecular flexibility index (Phi) is 9.55. The van der Waals surface area contributed by atoms with Crippen LogP contribution in [0.2, 0.25) is 5.02 Å². The second-order valence-corrected chi connectivity index (χ2v) is 12.2. The molecule has 43 heavy (non-hydrogen) atoms. The number of nitrogens with zero attached hydrogens (tertiary/aromatic N) is 5. The highest BCUT2D eigenvalue weighted by Gasteiger charge is 2.32. The number of halogens is 1. The van der Waals surface area contributed by atoms with Crippen molar-refractivity contribution in [1.29, 1.82) is 0 Å². The van der Waals surface area contributed by atoms with E-state index in [0.29, 0.717) is 36.2 Å². The summed E-state index contributed by atoms with van der Waals surface area (Å²) in [6.07, 6.45) is 0.0489. The van der Waals surface area contributed by atoms with Gasteiger partial charge in [0, 0.05) is 40.7 Å². The predicted octanol–water partition coefficient (Wildman–Crippen LogP) is 2.03. The Hall–Kier alpha value is -3.65. The fourth-order valence-corrected chi connectivity index (χ4v) is 6.44. The van der Waals surface area contributed by atoms with E-state index in [1.807, 2.05) is 35.8 Å². The minimum absolute atomic E-state index is 0.0358. The van der Waals surface area contributed by atoms with Crippen LogP contribution < -0.4 is 10.6 Å². The highest BCUT2D eigenvalue weighted by molar-refractivity contribution is 7.15. The van der Waals surface area contributed by atoms with Crippen molar-refractivity contribution in [3.63, 3.8) is 0 Å². The van der Waals surface area contributed by atoms with Crippen molar-refractivity contribution in [3.8, 4) is 5.00 Å². The minimum atomic E-state index is -0.642. The van der Waals surface area contributed by atoms with Gasteiger partial charge in [-0.2, -0.15) is 0 Å². The number of ether oxygens (including phenoxy) is 1. The molecular formula is C29H34ClN7O5S. The number of aryl methyl sites for hydroxylation is 2. The van der Waals surface area contributed by atoms with Crippen LogP contribution in [0.15, 0.2) is 29.3 Å². The molecule has 1 saturated heterocycles. The zero-order valence-corrected chi connectivity index (χ0v) is 25.8. The van der Waals surface area contributed by atoms with Gasteiger partial charge in [0.2, 0.25) is 17.7 Å². The number of fused-ring (bicyclic) bond motifs is 3. The number of rotatable bonds is 10. The van der Waals surface area contributed by atoms with Gasteiger partial charge in [-0.25, -0.2) is 0 Å². The molecule has 0 radical (unpaired) electrons. The third kappa shape index (κ3) is 6.96. The van der Waals surface area contributed by atoms with Gasteiger partial charge in [0.05, 0.1) is 31.4 Å². The van der Waals surface area contributed by atoms with Crippen molar-refractivity contribution in [1.82, 2.24) is 30.3 Å². The van der Waals surface area contributed by atoms with Crippen LogP contribution in [0, 0.1) is 20.8 Å². The van der Waals surface area contributed by atoms with Crippen LogP contribution in [0.3, 0.4) is 0 Å². The Labute approximate surface area is 258 Å². The molecule has 2 aromatic heterocycles. The number of aliphatic hydroxyl groups excluding tert-OH is 1. The summed E-state index contributed by atoms with van der Waals surface area (Å²) in [6, 6.07) is 6.80. The zero-order valence-electron chi connectivity index (χ0n) is 24.2. The molecule has 228 valence electrons. The van der Waals surface area contributed by atoms with Gasteiger partial charge in [-0.1, -0.05) is 23.7 Å². The Bertz CT molecular complexity index is 1550. The van der Waals surface area contributed by atoms with E-state index < -0.39 is 12.1 Å². The van der Waals surface area contributed by atoms with Crippen molar-refractivity contribution < 1.29 is 24.2 Å². The maximum Gasteiger partial charge on any atom is 0.248 e. The summed E-state index contributed by atoms with van der Waals surface area (Å²) in [5.74, 6) is 0.307. The zero-order chi connectivity index (χ0) is 30.7. The first kappa shape index (κ1) is 30.8. The quantitative estimate of drug-likeness (QED) is 0.291. The average molecular weight is 628 g/mol. The van der Waals surface area contributed by atoms with Gasteiger partial charge < -0.3 is 25.4 Å². The van der Waals surface area contributed by atoms with Crippen molar-refractivity contribution in [2.24, 2.45) is 4.99 Å². The normalized spacial score (nSPS) is 17.6. The molecule has 1 aromatic carbocycles. The molecule has 2 aliphatic heterocycles. The van der Waals surface area contributed by atoms with Gasteiger partial charge >= 0.3 is 0 Å². The molecule has 0 aliphatic carbocycles. The summed E-state index contributed by atoms with van der Waals surface area (Å²) >= 11 is 7.79. The number of aliphatic hydroxyl groups is 1. The van der Waals surface area contributed by atoms with Gasteiger partial charge in [-0.15, -0.1) is 21.5 Å². The molecular weight excluding hydrogens is 594 g/mol. The van der Waals surface area contributed by atoms with E-state index >= 15 is 0 Å². The largest absolute Gasteiger partial charge is 0.391 e. The minimum Gasteiger partial charge on any atom is -0.391 e. The van der Waals surface area contributed by atoms with E-state index in [0.717, 1.165) is 32.3 Å². The number of amides is 3. The molecule has 3 amide bonds. The standard InChI is InChI=1S/C29H34ClN7O5S/c1-16-17(2)43-29-26(16)27(19-4-6-20(30)7-5-19)33-22(28-35-34-18(3)37(28)29)12-23(39)32-13-24(40)31-9-11-42-15-25(41)36-10-8-21(38)14-36/h4-7,21-22,38H,8-15H2,1-3H3,(H,31,40)(H,32,39)/t21-,22+/m1/s1. The van der Waals surface area contributed by atoms with Gasteiger partial charge in [0.25, 0.3) is 0 Å². The van der Waals surface area contributed by atoms with E-state index in [2.05, 4.69) is 34.7 Å². The van der Waals surface area contributed by atoms with Crippen LogP contribution in [0.1, 0.15) is 52.1 Å². The lowest BCUT2D eigenvalue weighted by molar-refractivity contribution is -0.135. The van der Waals surface area contributed by atoms with Gasteiger partial charge in [0.15, 0.2) is 5.82 Å². The Morgan fingerprint density at radius 1 is 1.12 bits per heavy atom. The molecule has 1 fully saturated rings. The molecule has 12 nitrogen and oxygen atoms in total. The average Bonchev–Trinajstić information content (AvgIpc) is 3.64. The molecule has 0 bridgehead atoms. The number of nitrogens with one attached hydrogen (secondary N) is 2. The highest BCUT2D eigenvalue weighted by Crippen LogP contribution is 2.39. The molecule has 0 saturated carbocycles. The highest BCUT2D eigenvalue weighted by atomic mass is 35.5.